The van der Waals surface area contributed by atoms with Crippen LogP contribution < -0.4 is 5.73 Å². The van der Waals surface area contributed by atoms with Crippen LogP contribution >= 0.6 is 0 Å². The van der Waals surface area contributed by atoms with Crippen molar-refractivity contribution in [1.29, 1.82) is 5.26 Å². The van der Waals surface area contributed by atoms with Gasteiger partial charge >= 0.3 is 0 Å². The predicted octanol–water partition coefficient (Wildman–Crippen LogP) is 0.576. The molecule has 3 amide bonds. The molecule has 3 heterocycles. The first-order valence-corrected chi connectivity index (χ1v) is 11.6. The molecule has 33 heavy (non-hydrogen) atoms. The zero-order chi connectivity index (χ0) is 23.9. The van der Waals surface area contributed by atoms with Gasteiger partial charge in [0.05, 0.1) is 24.2 Å². The highest BCUT2D eigenvalue weighted by atomic mass is 16.2. The molecule has 3 aliphatic rings. The van der Waals surface area contributed by atoms with Crippen LogP contribution in [-0.4, -0.2) is 95.2 Å². The first-order valence-electron chi connectivity index (χ1n) is 11.6. The summed E-state index contributed by atoms with van der Waals surface area (Å²) in [6.07, 6.45) is 2.24. The first-order chi connectivity index (χ1) is 15.7. The van der Waals surface area contributed by atoms with Gasteiger partial charge < -0.3 is 20.4 Å². The molecule has 1 aromatic carbocycles. The highest BCUT2D eigenvalue weighted by molar-refractivity contribution is 5.94. The van der Waals surface area contributed by atoms with Crippen molar-refractivity contribution in [3.8, 4) is 6.07 Å². The minimum Gasteiger partial charge on any atom is -0.345 e. The number of likely N-dealkylation sites (tertiary alicyclic amines) is 3. The minimum absolute atomic E-state index is 0.0537. The van der Waals surface area contributed by atoms with Crippen LogP contribution in [0.15, 0.2) is 24.3 Å². The van der Waals surface area contributed by atoms with Crippen LogP contribution in [0.4, 0.5) is 0 Å². The monoisotopic (exact) mass is 452 g/mol. The van der Waals surface area contributed by atoms with Crippen LogP contribution in [0.5, 0.6) is 0 Å². The molecule has 2 N–H and O–H groups in total. The quantitative estimate of drug-likeness (QED) is 0.675. The van der Waals surface area contributed by atoms with Crippen LogP contribution in [0, 0.1) is 11.3 Å². The van der Waals surface area contributed by atoms with Gasteiger partial charge in [0.1, 0.15) is 6.04 Å². The molecule has 9 heteroatoms. The maximum absolute atomic E-state index is 13.2. The van der Waals surface area contributed by atoms with Crippen molar-refractivity contribution in [2.75, 3.05) is 33.7 Å². The van der Waals surface area contributed by atoms with Crippen LogP contribution in [0.3, 0.4) is 0 Å². The number of hydrogen-bond acceptors (Lipinski definition) is 6. The van der Waals surface area contributed by atoms with Crippen LogP contribution in [0.1, 0.15) is 48.1 Å². The molecule has 0 spiro atoms. The third-order valence-corrected chi connectivity index (χ3v) is 7.21. The lowest BCUT2D eigenvalue weighted by atomic mass is 10.0. The Labute approximate surface area is 194 Å². The fourth-order valence-electron chi connectivity index (χ4n) is 5.43. The van der Waals surface area contributed by atoms with Gasteiger partial charge in [-0.15, -0.1) is 0 Å². The molecule has 1 aromatic rings. The highest BCUT2D eigenvalue weighted by Crippen LogP contribution is 2.38. The molecule has 3 saturated heterocycles. The summed E-state index contributed by atoms with van der Waals surface area (Å²) in [7, 11) is 3.44. The molecule has 3 aliphatic heterocycles. The summed E-state index contributed by atoms with van der Waals surface area (Å²) >= 11 is 0. The van der Waals surface area contributed by atoms with E-state index in [9.17, 15) is 19.6 Å². The van der Waals surface area contributed by atoms with Crippen molar-refractivity contribution in [3.05, 3.63) is 35.4 Å². The molecule has 9 nitrogen and oxygen atoms in total. The fraction of sp³-hybridized carbons (Fsp3) is 0.583. The van der Waals surface area contributed by atoms with E-state index in [1.807, 2.05) is 28.9 Å². The zero-order valence-electron chi connectivity index (χ0n) is 19.5. The Morgan fingerprint density at radius 2 is 1.97 bits per heavy atom. The number of nitrogens with zero attached hydrogens (tertiary/aromatic N) is 5. The summed E-state index contributed by atoms with van der Waals surface area (Å²) in [4.78, 5) is 45.2. The molecule has 0 unspecified atom stereocenters. The summed E-state index contributed by atoms with van der Waals surface area (Å²) in [6, 6.07) is 8.18. The van der Waals surface area contributed by atoms with Crippen molar-refractivity contribution in [2.24, 2.45) is 5.73 Å². The van der Waals surface area contributed by atoms with Gasteiger partial charge in [-0.05, 0) is 43.9 Å². The standard InChI is InChI=1S/C24H32N6O3/c1-15(16-6-8-17(9-7-16)22(31)27(2)3)30-19-11-21(24(30)33)28(13-19)14-20(26)23(32)29-10-4-5-18(29)12-25/h6-9,15,18-21H,4-5,10-11,13-14,26H2,1-3H3/t15-,18-,19-,20-,21-/m0/s1. The molecule has 0 aliphatic carbocycles. The second-order valence-electron chi connectivity index (χ2n) is 9.53. The second-order valence-corrected chi connectivity index (χ2v) is 9.53. The zero-order valence-corrected chi connectivity index (χ0v) is 19.5. The summed E-state index contributed by atoms with van der Waals surface area (Å²) in [5.41, 5.74) is 7.82. The predicted molar refractivity (Wildman–Crippen MR) is 122 cm³/mol. The van der Waals surface area contributed by atoms with Gasteiger partial charge in [0.2, 0.25) is 11.8 Å². The third kappa shape index (κ3) is 4.21. The van der Waals surface area contributed by atoms with E-state index in [-0.39, 0.29) is 35.8 Å². The molecule has 0 radical (unpaired) electrons. The SMILES string of the molecule is C[C@@H](c1ccc(C(=O)N(C)C)cc1)N1C(=O)[C@@H]2C[C@H]1CN2C[C@H](N)C(=O)N1CCC[C@H]1C#N. The van der Waals surface area contributed by atoms with Crippen molar-refractivity contribution in [1.82, 2.24) is 19.6 Å². The van der Waals surface area contributed by atoms with E-state index in [1.54, 1.807) is 31.1 Å². The lowest BCUT2D eigenvalue weighted by Gasteiger charge is -2.38. The fourth-order valence-corrected chi connectivity index (χ4v) is 5.43. The topological polar surface area (TPSA) is 114 Å². The lowest BCUT2D eigenvalue weighted by Crippen LogP contribution is -2.56. The molecule has 5 atom stereocenters. The number of hydrogen-bond donors (Lipinski definition) is 1. The van der Waals surface area contributed by atoms with E-state index in [0.717, 1.165) is 18.4 Å². The molecular weight excluding hydrogens is 420 g/mol. The van der Waals surface area contributed by atoms with Crippen molar-refractivity contribution in [2.45, 2.75) is 56.4 Å². The number of carbonyl (C=O) groups is 3. The van der Waals surface area contributed by atoms with Gasteiger partial charge in [0, 0.05) is 45.3 Å². The molecule has 2 bridgehead atoms. The number of nitrogens with two attached hydrogens (primary N) is 1. The Morgan fingerprint density at radius 1 is 1.27 bits per heavy atom. The van der Waals surface area contributed by atoms with E-state index >= 15 is 0 Å². The number of benzene rings is 1. The van der Waals surface area contributed by atoms with Gasteiger partial charge in [-0.3, -0.25) is 19.3 Å². The Kier molecular flexibility index (Phi) is 6.41. The van der Waals surface area contributed by atoms with Gasteiger partial charge in [0.15, 0.2) is 0 Å². The summed E-state index contributed by atoms with van der Waals surface area (Å²) < 4.78 is 0. The van der Waals surface area contributed by atoms with Crippen molar-refractivity contribution >= 4 is 17.7 Å². The van der Waals surface area contributed by atoms with Gasteiger partial charge in [-0.1, -0.05) is 12.1 Å². The second kappa shape index (κ2) is 9.12. The number of fused-ring (bicyclic) bond motifs is 2. The number of amides is 3. The molecule has 0 saturated carbocycles. The third-order valence-electron chi connectivity index (χ3n) is 7.21. The molecule has 0 aromatic heterocycles. The van der Waals surface area contributed by atoms with Gasteiger partial charge in [0.25, 0.3) is 5.91 Å². The van der Waals surface area contributed by atoms with E-state index in [2.05, 4.69) is 6.07 Å². The molecule has 3 fully saturated rings. The molecular formula is C24H32N6O3. The van der Waals surface area contributed by atoms with E-state index in [4.69, 9.17) is 5.73 Å². The number of piperazine rings is 1. The Balaban J connectivity index is 1.38. The van der Waals surface area contributed by atoms with Crippen LogP contribution in [0.2, 0.25) is 0 Å². The van der Waals surface area contributed by atoms with Crippen molar-refractivity contribution < 1.29 is 14.4 Å². The lowest BCUT2D eigenvalue weighted by molar-refractivity contribution is -0.140. The van der Waals surface area contributed by atoms with E-state index in [1.165, 1.54) is 4.90 Å². The number of rotatable bonds is 6. The summed E-state index contributed by atoms with van der Waals surface area (Å²) in [5.74, 6) is -0.197. The summed E-state index contributed by atoms with van der Waals surface area (Å²) in [5, 5.41) is 9.25. The largest absolute Gasteiger partial charge is 0.345 e. The first kappa shape index (κ1) is 23.2. The number of nitriles is 1. The van der Waals surface area contributed by atoms with E-state index in [0.29, 0.717) is 31.6 Å². The normalized spacial score (nSPS) is 26.4. The van der Waals surface area contributed by atoms with Crippen LogP contribution in [0.25, 0.3) is 0 Å². The average Bonchev–Trinajstić information content (AvgIpc) is 3.52. The van der Waals surface area contributed by atoms with Gasteiger partial charge in [-0.25, -0.2) is 0 Å². The maximum Gasteiger partial charge on any atom is 0.253 e. The molecule has 176 valence electrons. The van der Waals surface area contributed by atoms with Gasteiger partial charge in [-0.2, -0.15) is 5.26 Å². The summed E-state index contributed by atoms with van der Waals surface area (Å²) in [6.45, 7) is 3.58. The molecule has 4 rings (SSSR count). The smallest absolute Gasteiger partial charge is 0.253 e. The van der Waals surface area contributed by atoms with Crippen LogP contribution in [-0.2, 0) is 9.59 Å². The number of carbonyl (C=O) groups excluding carboxylic acids is 3. The average molecular weight is 453 g/mol. The Morgan fingerprint density at radius 3 is 2.58 bits per heavy atom. The highest BCUT2D eigenvalue weighted by Gasteiger charge is 2.51. The van der Waals surface area contributed by atoms with Crippen molar-refractivity contribution in [3.63, 3.8) is 0 Å². The Bertz CT molecular complexity index is 971. The maximum atomic E-state index is 13.2. The Hall–Kier alpha value is -2.96. The van der Waals surface area contributed by atoms with E-state index < -0.39 is 12.1 Å². The minimum atomic E-state index is -0.737.